The number of rotatable bonds is 2. The summed E-state index contributed by atoms with van der Waals surface area (Å²) >= 11 is 5.71. The summed E-state index contributed by atoms with van der Waals surface area (Å²) in [6.45, 7) is 0. The van der Waals surface area contributed by atoms with E-state index in [0.717, 1.165) is 0 Å². The van der Waals surface area contributed by atoms with Crippen LogP contribution in [0.15, 0.2) is 158 Å². The molecule has 0 aliphatic carbocycles. The molecule has 0 N–H and O–H groups in total. The molecule has 3 aromatic heterocycles. The van der Waals surface area contributed by atoms with Crippen molar-refractivity contribution in [3.63, 3.8) is 0 Å². The third-order valence-corrected chi connectivity index (χ3v) is 14.3. The van der Waals surface area contributed by atoms with Crippen LogP contribution in [0.1, 0.15) is 0 Å². The molecule has 12 aromatic rings. The van der Waals surface area contributed by atoms with E-state index in [0.29, 0.717) is 0 Å². The van der Waals surface area contributed by atoms with Gasteiger partial charge in [0.1, 0.15) is 0 Å². The van der Waals surface area contributed by atoms with Gasteiger partial charge in [-0.3, -0.25) is 0 Å². The van der Waals surface area contributed by atoms with Crippen molar-refractivity contribution in [2.45, 2.75) is 0 Å². The Bertz CT molecular complexity index is 3370. The van der Waals surface area contributed by atoms with Gasteiger partial charge in [0.05, 0.1) is 0 Å². The topological polar surface area (TPSA) is 0 Å². The molecule has 0 saturated heterocycles. The van der Waals surface area contributed by atoms with Crippen LogP contribution in [-0.2, 0) is 0 Å². The smallest absolute Gasteiger partial charge is 0.0434 e. The van der Waals surface area contributed by atoms with Crippen molar-refractivity contribution in [3.8, 4) is 22.3 Å². The van der Waals surface area contributed by atoms with Gasteiger partial charge in [-0.15, -0.1) is 34.0 Å². The van der Waals surface area contributed by atoms with E-state index in [1.165, 1.54) is 115 Å². The Kier molecular flexibility index (Phi) is 5.78. The van der Waals surface area contributed by atoms with Gasteiger partial charge in [-0.1, -0.05) is 115 Å². The average Bonchev–Trinajstić information content (AvgIpc) is 3.86. The first-order valence-corrected chi connectivity index (χ1v) is 19.8. The van der Waals surface area contributed by atoms with Crippen molar-refractivity contribution < 1.29 is 0 Å². The van der Waals surface area contributed by atoms with Crippen molar-refractivity contribution in [1.82, 2.24) is 0 Å². The highest BCUT2D eigenvalue weighted by atomic mass is 32.1. The summed E-state index contributed by atoms with van der Waals surface area (Å²) in [5, 5.41) is 15.9. The lowest BCUT2D eigenvalue weighted by Gasteiger charge is -2.18. The summed E-state index contributed by atoms with van der Waals surface area (Å²) in [5.41, 5.74) is 5.15. The molecule has 0 bridgehead atoms. The van der Waals surface area contributed by atoms with E-state index < -0.39 is 0 Å². The molecule has 12 rings (SSSR count). The quantitative estimate of drug-likeness (QED) is 0.158. The highest BCUT2D eigenvalue weighted by Gasteiger charge is 2.19. The summed E-state index contributed by atoms with van der Waals surface area (Å²) < 4.78 is 8.10. The van der Waals surface area contributed by atoms with Gasteiger partial charge in [-0.25, -0.2) is 0 Å². The number of thiophene rings is 3. The predicted octanol–water partition coefficient (Wildman–Crippen LogP) is 15.6. The zero-order valence-corrected chi connectivity index (χ0v) is 29.7. The normalized spacial score (nSPS) is 12.3. The van der Waals surface area contributed by atoms with Crippen molar-refractivity contribution >= 4 is 127 Å². The Labute approximate surface area is 305 Å². The fourth-order valence-corrected chi connectivity index (χ4v) is 12.0. The monoisotopic (exact) mass is 698 g/mol. The highest BCUT2D eigenvalue weighted by molar-refractivity contribution is 7.27. The van der Waals surface area contributed by atoms with Crippen LogP contribution < -0.4 is 0 Å². The molecule has 0 atom stereocenters. The van der Waals surface area contributed by atoms with Crippen molar-refractivity contribution in [3.05, 3.63) is 158 Å². The van der Waals surface area contributed by atoms with E-state index in [-0.39, 0.29) is 0 Å². The van der Waals surface area contributed by atoms with E-state index in [2.05, 4.69) is 158 Å². The summed E-state index contributed by atoms with van der Waals surface area (Å²) in [5.74, 6) is 0. The summed E-state index contributed by atoms with van der Waals surface area (Å²) in [7, 11) is 0. The minimum absolute atomic E-state index is 1.26. The second kappa shape index (κ2) is 10.5. The lowest BCUT2D eigenvalue weighted by atomic mass is 9.85. The van der Waals surface area contributed by atoms with Crippen LogP contribution in [0.3, 0.4) is 0 Å². The minimum atomic E-state index is 1.26. The molecule has 0 amide bonds. The Morgan fingerprint density at radius 2 is 0.725 bits per heavy atom. The molecule has 3 heterocycles. The molecule has 0 unspecified atom stereocenters. The van der Waals surface area contributed by atoms with Crippen LogP contribution in [0.5, 0.6) is 0 Å². The SMILES string of the molecule is c1ccc2c(c1)sc1cc(-c3c4ccccc4c(-c4ccc5sc6cc7c(ccc8c9ccccc9sc78)cc6c5c4)c4ccccc34)ccc12. The molecule has 0 radical (unpaired) electrons. The average molecular weight is 699 g/mol. The van der Waals surface area contributed by atoms with Gasteiger partial charge in [0, 0.05) is 65.9 Å². The van der Waals surface area contributed by atoms with Crippen LogP contribution >= 0.6 is 34.0 Å². The Morgan fingerprint density at radius 3 is 1.41 bits per heavy atom. The summed E-state index contributed by atoms with van der Waals surface area (Å²) in [6, 6.07) is 59.3. The maximum absolute atomic E-state index is 2.45. The minimum Gasteiger partial charge on any atom is -0.135 e. The van der Waals surface area contributed by atoms with Crippen LogP contribution in [0.4, 0.5) is 0 Å². The molecular weight excluding hydrogens is 673 g/mol. The van der Waals surface area contributed by atoms with Crippen LogP contribution in [0.25, 0.3) is 115 Å². The van der Waals surface area contributed by atoms with Gasteiger partial charge >= 0.3 is 0 Å². The summed E-state index contributed by atoms with van der Waals surface area (Å²) in [6.07, 6.45) is 0. The second-order valence-corrected chi connectivity index (χ2v) is 16.8. The van der Waals surface area contributed by atoms with Gasteiger partial charge in [-0.05, 0) is 91.6 Å². The molecular formula is C48H26S3. The van der Waals surface area contributed by atoms with Gasteiger partial charge in [0.25, 0.3) is 0 Å². The molecule has 236 valence electrons. The Balaban J connectivity index is 1.10. The lowest BCUT2D eigenvalue weighted by Crippen LogP contribution is -1.90. The van der Waals surface area contributed by atoms with Crippen molar-refractivity contribution in [1.29, 1.82) is 0 Å². The summed E-state index contributed by atoms with van der Waals surface area (Å²) in [4.78, 5) is 0. The molecule has 0 aliphatic rings. The molecule has 0 spiro atoms. The van der Waals surface area contributed by atoms with Gasteiger partial charge in [0.2, 0.25) is 0 Å². The standard InChI is InChI=1S/C48H26S3/c1-3-13-35-33(11-1)46(34-12-2-4-14-36(34)47(35)29-18-20-32-30-9-5-7-15-41(30)49-44(32)25-29)28-19-22-43-39(24-28)40-23-27-17-21-37-31-10-6-8-16-42(31)51-48(37)38(27)26-45(40)50-43/h1-26H. The predicted molar refractivity (Wildman–Crippen MR) is 228 cm³/mol. The molecule has 51 heavy (non-hydrogen) atoms. The van der Waals surface area contributed by atoms with E-state index in [1.54, 1.807) is 0 Å². The Morgan fingerprint density at radius 1 is 0.255 bits per heavy atom. The zero-order chi connectivity index (χ0) is 33.2. The largest absolute Gasteiger partial charge is 0.135 e. The van der Waals surface area contributed by atoms with E-state index in [9.17, 15) is 0 Å². The second-order valence-electron chi connectivity index (χ2n) is 13.6. The molecule has 0 saturated carbocycles. The zero-order valence-electron chi connectivity index (χ0n) is 27.2. The lowest BCUT2D eigenvalue weighted by molar-refractivity contribution is 1.70. The van der Waals surface area contributed by atoms with Crippen LogP contribution in [0, 0.1) is 0 Å². The fourth-order valence-electron chi connectivity index (χ4n) is 8.57. The maximum Gasteiger partial charge on any atom is 0.0434 e. The van der Waals surface area contributed by atoms with Gasteiger partial charge in [0.15, 0.2) is 0 Å². The number of benzene rings is 9. The number of hydrogen-bond acceptors (Lipinski definition) is 3. The highest BCUT2D eigenvalue weighted by Crippen LogP contribution is 2.48. The first-order chi connectivity index (χ1) is 25.3. The Hall–Kier alpha value is -5.58. The van der Waals surface area contributed by atoms with E-state index >= 15 is 0 Å². The molecule has 0 nitrogen and oxygen atoms in total. The van der Waals surface area contributed by atoms with Gasteiger partial charge in [-0.2, -0.15) is 0 Å². The van der Waals surface area contributed by atoms with Gasteiger partial charge < -0.3 is 0 Å². The molecule has 3 heteroatoms. The van der Waals surface area contributed by atoms with E-state index in [4.69, 9.17) is 0 Å². The van der Waals surface area contributed by atoms with Crippen molar-refractivity contribution in [2.75, 3.05) is 0 Å². The van der Waals surface area contributed by atoms with Crippen molar-refractivity contribution in [2.24, 2.45) is 0 Å². The first kappa shape index (κ1) is 28.2. The first-order valence-electron chi connectivity index (χ1n) is 17.3. The molecule has 0 aliphatic heterocycles. The number of fused-ring (bicyclic) bond motifs is 13. The maximum atomic E-state index is 2.45. The van der Waals surface area contributed by atoms with E-state index in [1.807, 2.05) is 34.0 Å². The fraction of sp³-hybridized carbons (Fsp3) is 0. The third-order valence-electron chi connectivity index (χ3n) is 10.8. The molecule has 9 aromatic carbocycles. The van der Waals surface area contributed by atoms with Crippen LogP contribution in [-0.4, -0.2) is 0 Å². The molecule has 0 fully saturated rings. The number of hydrogen-bond donors (Lipinski definition) is 0. The van der Waals surface area contributed by atoms with Crippen LogP contribution in [0.2, 0.25) is 0 Å². The third kappa shape index (κ3) is 4.00.